The quantitative estimate of drug-likeness (QED) is 0.712. The predicted molar refractivity (Wildman–Crippen MR) is 89.8 cm³/mol. The van der Waals surface area contributed by atoms with E-state index in [9.17, 15) is 23.5 Å². The molecule has 26 heavy (non-hydrogen) atoms. The van der Waals surface area contributed by atoms with E-state index in [1.165, 1.54) is 6.20 Å². The molecular formula is C18H19F2N3O3. The summed E-state index contributed by atoms with van der Waals surface area (Å²) in [5.41, 5.74) is -0.534. The van der Waals surface area contributed by atoms with E-state index in [2.05, 4.69) is 15.5 Å². The van der Waals surface area contributed by atoms with Gasteiger partial charge < -0.3 is 10.4 Å². The zero-order valence-electron chi connectivity index (χ0n) is 14.0. The molecule has 0 unspecified atom stereocenters. The van der Waals surface area contributed by atoms with E-state index in [0.29, 0.717) is 12.8 Å². The van der Waals surface area contributed by atoms with Crippen LogP contribution < -0.4 is 5.32 Å². The minimum absolute atomic E-state index is 0.0819. The van der Waals surface area contributed by atoms with Crippen LogP contribution in [0.4, 0.5) is 14.5 Å². The number of carbonyl (C=O) groups is 2. The van der Waals surface area contributed by atoms with Crippen molar-refractivity contribution >= 4 is 17.4 Å². The number of anilines is 1. The van der Waals surface area contributed by atoms with Gasteiger partial charge in [0.1, 0.15) is 22.9 Å². The summed E-state index contributed by atoms with van der Waals surface area (Å²) in [5, 5.41) is 18.2. The largest absolute Gasteiger partial charge is 0.393 e. The van der Waals surface area contributed by atoms with Crippen molar-refractivity contribution in [1.82, 2.24) is 10.2 Å². The molecule has 1 heterocycles. The number of halogens is 2. The molecule has 0 aliphatic heterocycles. The monoisotopic (exact) mass is 363 g/mol. The van der Waals surface area contributed by atoms with Crippen LogP contribution in [0.1, 0.15) is 53.0 Å². The van der Waals surface area contributed by atoms with Crippen molar-refractivity contribution in [2.24, 2.45) is 5.92 Å². The standard InChI is InChI=1S/C18H19F2N3O3/c19-12-2-1-3-13(20)16(12)18(26)22-14-9-21-23-17(14)15(25)8-10-4-6-11(24)7-5-10/h1-3,9-11,24H,4-8H2,(H,21,23)(H,22,26). The Morgan fingerprint density at radius 1 is 1.19 bits per heavy atom. The summed E-state index contributed by atoms with van der Waals surface area (Å²) in [7, 11) is 0. The Kier molecular flexibility index (Phi) is 5.41. The molecule has 0 radical (unpaired) electrons. The van der Waals surface area contributed by atoms with Gasteiger partial charge in [-0.1, -0.05) is 6.07 Å². The molecule has 138 valence electrons. The van der Waals surface area contributed by atoms with E-state index >= 15 is 0 Å². The van der Waals surface area contributed by atoms with Crippen molar-refractivity contribution in [3.8, 4) is 0 Å². The van der Waals surface area contributed by atoms with Crippen molar-refractivity contribution in [1.29, 1.82) is 0 Å². The molecule has 1 fully saturated rings. The number of aromatic nitrogens is 2. The molecule has 8 heteroatoms. The molecule has 1 aromatic heterocycles. The van der Waals surface area contributed by atoms with Crippen LogP contribution in [0.3, 0.4) is 0 Å². The molecule has 1 amide bonds. The number of hydrogen-bond donors (Lipinski definition) is 3. The van der Waals surface area contributed by atoms with E-state index < -0.39 is 23.1 Å². The molecule has 1 saturated carbocycles. The van der Waals surface area contributed by atoms with Crippen LogP contribution >= 0.6 is 0 Å². The number of H-pyrrole nitrogens is 1. The molecule has 1 aliphatic rings. The number of nitrogens with zero attached hydrogens (tertiary/aromatic N) is 1. The summed E-state index contributed by atoms with van der Waals surface area (Å²) in [5.74, 6) is -3.05. The number of aliphatic hydroxyl groups is 1. The Hall–Kier alpha value is -2.61. The summed E-state index contributed by atoms with van der Waals surface area (Å²) in [4.78, 5) is 24.7. The number of amides is 1. The lowest BCUT2D eigenvalue weighted by molar-refractivity contribution is 0.0856. The van der Waals surface area contributed by atoms with Crippen LogP contribution in [0.25, 0.3) is 0 Å². The topological polar surface area (TPSA) is 95.1 Å². The smallest absolute Gasteiger partial charge is 0.261 e. The van der Waals surface area contributed by atoms with Crippen LogP contribution in [0.15, 0.2) is 24.4 Å². The van der Waals surface area contributed by atoms with E-state index in [1.54, 1.807) is 0 Å². The average Bonchev–Trinajstić information content (AvgIpc) is 3.05. The zero-order chi connectivity index (χ0) is 18.7. The summed E-state index contributed by atoms with van der Waals surface area (Å²) in [6, 6.07) is 3.13. The fraction of sp³-hybridized carbons (Fsp3) is 0.389. The van der Waals surface area contributed by atoms with Gasteiger partial charge in [-0.15, -0.1) is 0 Å². The Labute approximate surface area is 148 Å². The van der Waals surface area contributed by atoms with Crippen molar-refractivity contribution < 1.29 is 23.5 Å². The van der Waals surface area contributed by atoms with Gasteiger partial charge in [0.05, 0.1) is 18.0 Å². The van der Waals surface area contributed by atoms with Gasteiger partial charge >= 0.3 is 0 Å². The summed E-state index contributed by atoms with van der Waals surface area (Å²) >= 11 is 0. The third-order valence-electron chi connectivity index (χ3n) is 4.65. The van der Waals surface area contributed by atoms with Gasteiger partial charge in [-0.05, 0) is 43.7 Å². The number of nitrogens with one attached hydrogen (secondary N) is 2. The lowest BCUT2D eigenvalue weighted by Gasteiger charge is -2.24. The van der Waals surface area contributed by atoms with Gasteiger partial charge in [0.15, 0.2) is 5.78 Å². The molecule has 0 atom stereocenters. The van der Waals surface area contributed by atoms with Gasteiger partial charge in [-0.2, -0.15) is 5.10 Å². The molecule has 3 N–H and O–H groups in total. The van der Waals surface area contributed by atoms with Crippen LogP contribution in [-0.2, 0) is 0 Å². The number of ketones is 1. The molecule has 0 spiro atoms. The molecule has 0 saturated heterocycles. The van der Waals surface area contributed by atoms with Gasteiger partial charge in [-0.25, -0.2) is 8.78 Å². The van der Waals surface area contributed by atoms with Gasteiger partial charge in [0.25, 0.3) is 5.91 Å². The van der Waals surface area contributed by atoms with Gasteiger partial charge in [0, 0.05) is 6.42 Å². The summed E-state index contributed by atoms with van der Waals surface area (Å²) in [6.45, 7) is 0. The van der Waals surface area contributed by atoms with Crippen LogP contribution in [0, 0.1) is 17.6 Å². The zero-order valence-corrected chi connectivity index (χ0v) is 14.0. The highest BCUT2D eigenvalue weighted by molar-refractivity contribution is 6.08. The minimum Gasteiger partial charge on any atom is -0.393 e. The van der Waals surface area contributed by atoms with E-state index in [-0.39, 0.29) is 35.6 Å². The molecule has 2 aromatic rings. The Balaban J connectivity index is 1.70. The number of carbonyl (C=O) groups excluding carboxylic acids is 2. The molecule has 0 bridgehead atoms. The third kappa shape index (κ3) is 3.96. The third-order valence-corrected chi connectivity index (χ3v) is 4.65. The van der Waals surface area contributed by atoms with Gasteiger partial charge in [-0.3, -0.25) is 14.7 Å². The molecule has 1 aromatic carbocycles. The minimum atomic E-state index is -0.989. The Morgan fingerprint density at radius 2 is 1.85 bits per heavy atom. The maximum Gasteiger partial charge on any atom is 0.261 e. The number of rotatable bonds is 5. The van der Waals surface area contributed by atoms with Gasteiger partial charge in [0.2, 0.25) is 0 Å². The maximum atomic E-state index is 13.7. The van der Waals surface area contributed by atoms with E-state index in [0.717, 1.165) is 31.0 Å². The second-order valence-corrected chi connectivity index (χ2v) is 6.51. The fourth-order valence-electron chi connectivity index (χ4n) is 3.21. The molecule has 6 nitrogen and oxygen atoms in total. The van der Waals surface area contributed by atoms with E-state index in [4.69, 9.17) is 0 Å². The number of aromatic amines is 1. The predicted octanol–water partition coefficient (Wildman–Crippen LogP) is 3.06. The molecular weight excluding hydrogens is 344 g/mol. The van der Waals surface area contributed by atoms with Crippen molar-refractivity contribution in [3.63, 3.8) is 0 Å². The first kappa shape index (κ1) is 18.2. The number of Topliss-reactive ketones (excluding diaryl/α,β-unsaturated/α-hetero) is 1. The highest BCUT2D eigenvalue weighted by Crippen LogP contribution is 2.29. The fourth-order valence-corrected chi connectivity index (χ4v) is 3.21. The van der Waals surface area contributed by atoms with Crippen molar-refractivity contribution in [2.75, 3.05) is 5.32 Å². The van der Waals surface area contributed by atoms with Crippen molar-refractivity contribution in [3.05, 3.63) is 47.3 Å². The summed E-state index contributed by atoms with van der Waals surface area (Å²) < 4.78 is 27.4. The number of aliphatic hydroxyl groups excluding tert-OH is 1. The normalized spacial score (nSPS) is 20.0. The number of hydrogen-bond acceptors (Lipinski definition) is 4. The highest BCUT2D eigenvalue weighted by Gasteiger charge is 2.25. The molecule has 1 aliphatic carbocycles. The first-order valence-electron chi connectivity index (χ1n) is 8.45. The van der Waals surface area contributed by atoms with Crippen molar-refractivity contribution in [2.45, 2.75) is 38.2 Å². The Bertz CT molecular complexity index is 794. The summed E-state index contributed by atoms with van der Waals surface area (Å²) in [6.07, 6.45) is 4.01. The second-order valence-electron chi connectivity index (χ2n) is 6.51. The lowest BCUT2D eigenvalue weighted by atomic mass is 9.84. The first-order valence-corrected chi connectivity index (χ1v) is 8.45. The van der Waals surface area contributed by atoms with Crippen LogP contribution in [-0.4, -0.2) is 33.1 Å². The highest BCUT2D eigenvalue weighted by atomic mass is 19.1. The Morgan fingerprint density at radius 3 is 2.50 bits per heavy atom. The van der Waals surface area contributed by atoms with Crippen LogP contribution in [0.2, 0.25) is 0 Å². The van der Waals surface area contributed by atoms with Crippen LogP contribution in [0.5, 0.6) is 0 Å². The first-order chi connectivity index (χ1) is 12.5. The van der Waals surface area contributed by atoms with E-state index in [1.807, 2.05) is 0 Å². The second kappa shape index (κ2) is 7.74. The average molecular weight is 363 g/mol. The maximum absolute atomic E-state index is 13.7. The molecule has 3 rings (SSSR count). The SMILES string of the molecule is O=C(CC1CCC(O)CC1)c1[nH]ncc1NC(=O)c1c(F)cccc1F. The number of benzene rings is 1. The lowest BCUT2D eigenvalue weighted by Crippen LogP contribution is -2.21.